The summed E-state index contributed by atoms with van der Waals surface area (Å²) in [6.07, 6.45) is 0.346. The average molecular weight is 316 g/mol. The fourth-order valence-electron chi connectivity index (χ4n) is 0.879. The molecular formula is C7H13O10PSi. The molecule has 0 fully saturated rings. The van der Waals surface area contributed by atoms with Crippen LogP contribution in [0.4, 0.5) is 14.4 Å². The summed E-state index contributed by atoms with van der Waals surface area (Å²) in [6, 6.07) is 0. The molecule has 12 heteroatoms. The molecule has 19 heavy (non-hydrogen) atoms. The monoisotopic (exact) mass is 316 g/mol. The molecule has 0 aliphatic carbocycles. The Morgan fingerprint density at radius 3 is 1.79 bits per heavy atom. The van der Waals surface area contributed by atoms with Gasteiger partial charge in [-0.25, -0.2) is 4.57 Å². The summed E-state index contributed by atoms with van der Waals surface area (Å²) < 4.78 is 25.1. The van der Waals surface area contributed by atoms with Crippen molar-refractivity contribution in [1.82, 2.24) is 0 Å². The molecule has 0 saturated carbocycles. The molecule has 10 nitrogen and oxygen atoms in total. The highest BCUT2D eigenvalue weighted by molar-refractivity contribution is 7.54. The van der Waals surface area contributed by atoms with Crippen LogP contribution in [0.5, 0.6) is 0 Å². The molecule has 0 aromatic carbocycles. The third kappa shape index (κ3) is 3.85. The minimum Gasteiger partial charge on any atom is -0.482 e. The number of phosphoric acid groups is 1. The summed E-state index contributed by atoms with van der Waals surface area (Å²) in [5.41, 5.74) is -6.69. The Hall–Kier alpha value is -1.26. The number of phosphoric ester groups is 1. The van der Waals surface area contributed by atoms with Crippen LogP contribution in [0, 0.1) is 0 Å². The molecule has 110 valence electrons. The summed E-state index contributed by atoms with van der Waals surface area (Å²) >= 11 is 0. The van der Waals surface area contributed by atoms with E-state index in [1.54, 1.807) is 6.92 Å². The second-order valence-electron chi connectivity index (χ2n) is 3.15. The lowest BCUT2D eigenvalue weighted by molar-refractivity contribution is 0.161. The van der Waals surface area contributed by atoms with Crippen LogP contribution < -0.4 is 0 Å². The van der Waals surface area contributed by atoms with Crippen molar-refractivity contribution in [2.75, 3.05) is 13.7 Å². The Bertz CT molecular complexity index is 384. The minimum absolute atomic E-state index is 0.186. The maximum absolute atomic E-state index is 11.8. The lowest BCUT2D eigenvalue weighted by Crippen LogP contribution is -2.60. The summed E-state index contributed by atoms with van der Waals surface area (Å²) in [6.45, 7) is 1.44. The quantitative estimate of drug-likeness (QED) is 0.424. The van der Waals surface area contributed by atoms with E-state index in [2.05, 4.69) is 13.3 Å². The Kier molecular flexibility index (Phi) is 6.32. The van der Waals surface area contributed by atoms with Gasteiger partial charge in [0.05, 0.1) is 6.61 Å². The smallest absolute Gasteiger partial charge is 0.482 e. The maximum Gasteiger partial charge on any atom is 0.564 e. The lowest BCUT2D eigenvalue weighted by Gasteiger charge is -2.22. The zero-order valence-corrected chi connectivity index (χ0v) is 12.0. The number of carboxylic acid groups (broad SMARTS) is 3. The second-order valence-corrected chi connectivity index (χ2v) is 8.04. The van der Waals surface area contributed by atoms with Crippen LogP contribution in [-0.4, -0.2) is 54.1 Å². The third-order valence-electron chi connectivity index (χ3n) is 1.83. The maximum atomic E-state index is 11.8. The Balaban J connectivity index is 5.54. The highest BCUT2D eigenvalue weighted by atomic mass is 31.2. The van der Waals surface area contributed by atoms with Crippen molar-refractivity contribution in [3.05, 3.63) is 0 Å². The van der Waals surface area contributed by atoms with Gasteiger partial charge in [0.25, 0.3) is 0 Å². The molecule has 0 saturated heterocycles. The normalized spacial score (nSPS) is 14.6. The van der Waals surface area contributed by atoms with Crippen LogP contribution >= 0.6 is 7.82 Å². The van der Waals surface area contributed by atoms with E-state index in [1.165, 1.54) is 0 Å². The molecule has 0 aliphatic rings. The van der Waals surface area contributed by atoms with Gasteiger partial charge < -0.3 is 15.3 Å². The first kappa shape index (κ1) is 17.7. The first-order valence-electron chi connectivity index (χ1n) is 4.87. The van der Waals surface area contributed by atoms with E-state index in [0.717, 1.165) is 7.11 Å². The molecule has 1 unspecified atom stereocenters. The minimum atomic E-state index is -5.50. The number of hydrogen-bond donors (Lipinski definition) is 3. The van der Waals surface area contributed by atoms with Crippen molar-refractivity contribution in [3.8, 4) is 0 Å². The van der Waals surface area contributed by atoms with Gasteiger partial charge >= 0.3 is 32.9 Å². The Labute approximate surface area is 108 Å². The Morgan fingerprint density at radius 1 is 1.11 bits per heavy atom. The molecule has 3 N–H and O–H groups in total. The third-order valence-corrected chi connectivity index (χ3v) is 6.57. The van der Waals surface area contributed by atoms with E-state index >= 15 is 0 Å². The van der Waals surface area contributed by atoms with E-state index in [4.69, 9.17) is 15.3 Å². The zero-order chi connectivity index (χ0) is 15.3. The van der Waals surface area contributed by atoms with Crippen molar-refractivity contribution in [3.63, 3.8) is 0 Å². The fraction of sp³-hybridized carbons (Fsp3) is 0.571. The number of rotatable bonds is 9. The van der Waals surface area contributed by atoms with Crippen LogP contribution in [0.15, 0.2) is 0 Å². The van der Waals surface area contributed by atoms with Gasteiger partial charge in [0.1, 0.15) is 0 Å². The van der Waals surface area contributed by atoms with Gasteiger partial charge in [-0.1, -0.05) is 6.92 Å². The molecule has 0 spiro atoms. The van der Waals surface area contributed by atoms with Crippen LogP contribution in [0.2, 0.25) is 0 Å². The molecule has 0 bridgehead atoms. The summed E-state index contributed by atoms with van der Waals surface area (Å²) in [4.78, 5) is 32.7. The van der Waals surface area contributed by atoms with E-state index < -0.39 is 32.9 Å². The van der Waals surface area contributed by atoms with Crippen molar-refractivity contribution in [1.29, 1.82) is 0 Å². The van der Waals surface area contributed by atoms with E-state index in [0.29, 0.717) is 6.42 Å². The van der Waals surface area contributed by atoms with Crippen LogP contribution in [0.1, 0.15) is 13.3 Å². The average Bonchev–Trinajstić information content (AvgIpc) is 2.32. The van der Waals surface area contributed by atoms with Crippen molar-refractivity contribution >= 4 is 32.9 Å². The molecule has 0 aromatic heterocycles. The molecule has 0 rings (SSSR count). The highest BCUT2D eigenvalue weighted by Gasteiger charge is 2.67. The van der Waals surface area contributed by atoms with Crippen molar-refractivity contribution < 1.29 is 47.5 Å². The first-order chi connectivity index (χ1) is 8.66. The van der Waals surface area contributed by atoms with E-state index in [1.807, 2.05) is 0 Å². The van der Waals surface area contributed by atoms with Crippen molar-refractivity contribution in [2.24, 2.45) is 0 Å². The van der Waals surface area contributed by atoms with Gasteiger partial charge in [0.15, 0.2) is 0 Å². The van der Waals surface area contributed by atoms with E-state index in [-0.39, 0.29) is 6.61 Å². The fourth-order valence-corrected chi connectivity index (χ4v) is 4.73. The number of carbonyl (C=O) groups is 3. The van der Waals surface area contributed by atoms with Gasteiger partial charge in [0.2, 0.25) is 0 Å². The highest BCUT2D eigenvalue weighted by Crippen LogP contribution is 2.51. The predicted octanol–water partition coefficient (Wildman–Crippen LogP) is 1.91. The zero-order valence-electron chi connectivity index (χ0n) is 10.1. The predicted molar refractivity (Wildman–Crippen MR) is 61.8 cm³/mol. The summed E-state index contributed by atoms with van der Waals surface area (Å²) in [7, 11) is -9.26. The van der Waals surface area contributed by atoms with Gasteiger partial charge in [-0.3, -0.25) is 27.6 Å². The van der Waals surface area contributed by atoms with E-state index in [9.17, 15) is 18.9 Å². The van der Waals surface area contributed by atoms with Gasteiger partial charge in [-0.05, 0) is 6.42 Å². The van der Waals surface area contributed by atoms with Gasteiger partial charge in [-0.15, -0.1) is 0 Å². The topological polar surface area (TPSA) is 157 Å². The van der Waals surface area contributed by atoms with Gasteiger partial charge in [0, 0.05) is 7.11 Å². The van der Waals surface area contributed by atoms with Crippen LogP contribution in [-0.2, 0) is 17.8 Å². The molecule has 1 atom stereocenters. The lowest BCUT2D eigenvalue weighted by atomic mass is 10.5. The largest absolute Gasteiger partial charge is 0.564 e. The number of hydrogen-bond acceptors (Lipinski definition) is 7. The molecule has 0 heterocycles. The molecule has 0 radical (unpaired) electrons. The SMILES string of the molecule is CCCOP(=O)(OC)O[Si](C(=O)O)(C(=O)O)C(=O)O. The van der Waals surface area contributed by atoms with Crippen LogP contribution in [0.25, 0.3) is 0 Å². The summed E-state index contributed by atoms with van der Waals surface area (Å²) in [5, 5.41) is 26.4. The van der Waals surface area contributed by atoms with Crippen molar-refractivity contribution in [2.45, 2.75) is 13.3 Å². The molecule has 0 amide bonds. The van der Waals surface area contributed by atoms with Crippen LogP contribution in [0.3, 0.4) is 0 Å². The molecule has 0 aliphatic heterocycles. The second kappa shape index (κ2) is 6.77. The van der Waals surface area contributed by atoms with Gasteiger partial charge in [-0.2, -0.15) is 0 Å². The first-order valence-corrected chi connectivity index (χ1v) is 8.24. The Morgan fingerprint density at radius 2 is 1.53 bits per heavy atom. The standard InChI is InChI=1S/C7H13O10PSi/c1-3-4-16-18(14,15-2)17-19(5(8)9,6(10)11)7(12)13/h3-4H2,1-2H3,(H,8,9)(H,10,11)(H,12,13). The molecular weight excluding hydrogens is 303 g/mol. The summed E-state index contributed by atoms with van der Waals surface area (Å²) in [5.74, 6) is 0. The molecule has 0 aromatic rings.